The van der Waals surface area contributed by atoms with Gasteiger partial charge in [0, 0.05) is 23.5 Å². The van der Waals surface area contributed by atoms with Gasteiger partial charge in [0.05, 0.1) is 16.2 Å². The Morgan fingerprint density at radius 2 is 1.75 bits per heavy atom. The summed E-state index contributed by atoms with van der Waals surface area (Å²) in [5, 5.41) is 24.5. The standard InChI is InChI=1S/C30H30N6O3S/c1-21-11-17-25(18-12-21)35-28(23-13-15-24(16-14-23)30(2,3)4)33-34-29(35)40-20-27(37)32-31-19-7-9-22-8-5-6-10-26(22)36(38)39/h5-19H,20H2,1-4H3,(H,32,37)/b9-7-,31-19+. The molecule has 0 radical (unpaired) electrons. The van der Waals surface area contributed by atoms with Crippen molar-refractivity contribution >= 4 is 35.6 Å². The van der Waals surface area contributed by atoms with Crippen LogP contribution in [0.4, 0.5) is 5.69 Å². The molecule has 0 bridgehead atoms. The van der Waals surface area contributed by atoms with E-state index in [1.807, 2.05) is 47.9 Å². The predicted octanol–water partition coefficient (Wildman–Crippen LogP) is 6.36. The number of aromatic nitrogens is 3. The Balaban J connectivity index is 1.47. The van der Waals surface area contributed by atoms with E-state index in [0.29, 0.717) is 16.5 Å². The number of para-hydroxylation sites is 1. The molecule has 10 heteroatoms. The molecule has 0 fully saturated rings. The first-order valence-electron chi connectivity index (χ1n) is 12.6. The third kappa shape index (κ3) is 7.09. The number of amides is 1. The highest BCUT2D eigenvalue weighted by atomic mass is 32.2. The molecule has 1 heterocycles. The van der Waals surface area contributed by atoms with Crippen LogP contribution in [0.2, 0.25) is 0 Å². The summed E-state index contributed by atoms with van der Waals surface area (Å²) in [6.45, 7) is 8.55. The Hall–Kier alpha value is -4.57. The lowest BCUT2D eigenvalue weighted by atomic mass is 9.87. The van der Waals surface area contributed by atoms with Crippen molar-refractivity contribution in [2.45, 2.75) is 38.3 Å². The van der Waals surface area contributed by atoms with Crippen LogP contribution >= 0.6 is 11.8 Å². The van der Waals surface area contributed by atoms with Gasteiger partial charge in [0.25, 0.3) is 11.6 Å². The first-order chi connectivity index (χ1) is 19.1. The van der Waals surface area contributed by atoms with E-state index in [2.05, 4.69) is 53.6 Å². The lowest BCUT2D eigenvalue weighted by Crippen LogP contribution is -2.19. The van der Waals surface area contributed by atoms with Crippen LogP contribution in [0, 0.1) is 17.0 Å². The van der Waals surface area contributed by atoms with Crippen molar-refractivity contribution < 1.29 is 9.72 Å². The number of nitrogens with zero attached hydrogens (tertiary/aromatic N) is 5. The third-order valence-corrected chi connectivity index (χ3v) is 6.96. The molecule has 204 valence electrons. The highest BCUT2D eigenvalue weighted by Gasteiger charge is 2.19. The molecule has 4 aromatic rings. The van der Waals surface area contributed by atoms with Gasteiger partial charge < -0.3 is 0 Å². The number of carbonyl (C=O) groups excluding carboxylic acids is 1. The van der Waals surface area contributed by atoms with Gasteiger partial charge in [0.1, 0.15) is 0 Å². The highest BCUT2D eigenvalue weighted by molar-refractivity contribution is 7.99. The number of carbonyl (C=O) groups is 1. The second-order valence-electron chi connectivity index (χ2n) is 10.1. The van der Waals surface area contributed by atoms with E-state index in [4.69, 9.17) is 0 Å². The molecule has 4 rings (SSSR count). The normalized spacial score (nSPS) is 11.8. The Labute approximate surface area is 237 Å². The number of nitrogens with one attached hydrogen (secondary N) is 1. The van der Waals surface area contributed by atoms with Gasteiger partial charge in [-0.2, -0.15) is 5.10 Å². The molecule has 0 atom stereocenters. The van der Waals surface area contributed by atoms with Gasteiger partial charge in [-0.3, -0.25) is 19.5 Å². The van der Waals surface area contributed by atoms with Gasteiger partial charge in [0.15, 0.2) is 11.0 Å². The molecule has 0 saturated carbocycles. The summed E-state index contributed by atoms with van der Waals surface area (Å²) in [6.07, 6.45) is 4.45. The van der Waals surface area contributed by atoms with E-state index >= 15 is 0 Å². The van der Waals surface area contributed by atoms with Crippen LogP contribution < -0.4 is 5.43 Å². The van der Waals surface area contributed by atoms with E-state index < -0.39 is 4.92 Å². The Bertz CT molecular complexity index is 1550. The van der Waals surface area contributed by atoms with Crippen molar-refractivity contribution in [3.8, 4) is 17.1 Å². The number of allylic oxidation sites excluding steroid dienone is 1. The molecule has 0 unspecified atom stereocenters. The molecule has 1 N–H and O–H groups in total. The fourth-order valence-corrected chi connectivity index (χ4v) is 4.60. The Kier molecular flexibility index (Phi) is 8.90. The molecule has 1 aromatic heterocycles. The SMILES string of the molecule is Cc1ccc(-n2c(SCC(=O)N/N=C/C=C\c3ccccc3[N+](=O)[O-])nnc2-c2ccc(C(C)(C)C)cc2)cc1. The van der Waals surface area contributed by atoms with Gasteiger partial charge in [-0.15, -0.1) is 10.2 Å². The van der Waals surface area contributed by atoms with Crippen LogP contribution in [0.15, 0.2) is 89.1 Å². The molecule has 3 aromatic carbocycles. The Morgan fingerprint density at radius 3 is 2.42 bits per heavy atom. The molecule has 40 heavy (non-hydrogen) atoms. The van der Waals surface area contributed by atoms with E-state index in [9.17, 15) is 14.9 Å². The molecule has 0 spiro atoms. The van der Waals surface area contributed by atoms with E-state index in [0.717, 1.165) is 16.8 Å². The van der Waals surface area contributed by atoms with Gasteiger partial charge in [-0.05, 0) is 48.3 Å². The van der Waals surface area contributed by atoms with E-state index in [1.54, 1.807) is 24.3 Å². The summed E-state index contributed by atoms with van der Waals surface area (Å²) in [5.41, 5.74) is 7.12. The topological polar surface area (TPSA) is 115 Å². The lowest BCUT2D eigenvalue weighted by Gasteiger charge is -2.19. The predicted molar refractivity (Wildman–Crippen MR) is 160 cm³/mol. The summed E-state index contributed by atoms with van der Waals surface area (Å²) in [4.78, 5) is 23.1. The van der Waals surface area contributed by atoms with Gasteiger partial charge in [0.2, 0.25) is 0 Å². The van der Waals surface area contributed by atoms with E-state index in [-0.39, 0.29) is 22.8 Å². The van der Waals surface area contributed by atoms with Crippen molar-refractivity contribution in [1.82, 2.24) is 20.2 Å². The van der Waals surface area contributed by atoms with E-state index in [1.165, 1.54) is 35.7 Å². The number of hydrogen-bond donors (Lipinski definition) is 1. The average molecular weight is 555 g/mol. The van der Waals surface area contributed by atoms with Crippen molar-refractivity contribution in [1.29, 1.82) is 0 Å². The molecule has 1 amide bonds. The number of nitro benzene ring substituents is 1. The smallest absolute Gasteiger partial charge is 0.272 e. The maximum atomic E-state index is 12.5. The third-order valence-electron chi connectivity index (χ3n) is 6.03. The largest absolute Gasteiger partial charge is 0.276 e. The van der Waals surface area contributed by atoms with Gasteiger partial charge in [-0.25, -0.2) is 5.43 Å². The molecule has 9 nitrogen and oxygen atoms in total. The van der Waals surface area contributed by atoms with Crippen molar-refractivity contribution in [3.63, 3.8) is 0 Å². The second kappa shape index (κ2) is 12.5. The number of hydrogen-bond acceptors (Lipinski definition) is 7. The molecule has 0 aliphatic heterocycles. The summed E-state index contributed by atoms with van der Waals surface area (Å²) in [7, 11) is 0. The molecule has 0 aliphatic rings. The van der Waals surface area contributed by atoms with Gasteiger partial charge >= 0.3 is 0 Å². The fraction of sp³-hybridized carbons (Fsp3) is 0.200. The maximum absolute atomic E-state index is 12.5. The molecular formula is C30H30N6O3S. The first-order valence-corrected chi connectivity index (χ1v) is 13.6. The summed E-state index contributed by atoms with van der Waals surface area (Å²) in [6, 6.07) is 22.7. The maximum Gasteiger partial charge on any atom is 0.276 e. The number of aryl methyl sites for hydroxylation is 1. The molecule has 0 saturated heterocycles. The summed E-state index contributed by atoms with van der Waals surface area (Å²) < 4.78 is 1.95. The van der Waals surface area contributed by atoms with Crippen LogP contribution in [0.5, 0.6) is 0 Å². The number of benzene rings is 3. The average Bonchev–Trinajstić information content (AvgIpc) is 3.36. The number of rotatable bonds is 9. The molecular weight excluding hydrogens is 524 g/mol. The monoisotopic (exact) mass is 554 g/mol. The van der Waals surface area contributed by atoms with Crippen molar-refractivity contribution in [2.75, 3.05) is 5.75 Å². The van der Waals surface area contributed by atoms with Crippen LogP contribution in [0.25, 0.3) is 23.2 Å². The van der Waals surface area contributed by atoms with Crippen LogP contribution in [-0.2, 0) is 10.2 Å². The Morgan fingerprint density at radius 1 is 1.05 bits per heavy atom. The second-order valence-corrected chi connectivity index (χ2v) is 11.0. The summed E-state index contributed by atoms with van der Waals surface area (Å²) in [5.74, 6) is 0.429. The zero-order chi connectivity index (χ0) is 28.7. The minimum atomic E-state index is -0.447. The summed E-state index contributed by atoms with van der Waals surface area (Å²) >= 11 is 1.25. The number of thioether (sulfide) groups is 1. The van der Waals surface area contributed by atoms with Crippen molar-refractivity contribution in [2.24, 2.45) is 5.10 Å². The first kappa shape index (κ1) is 28.4. The minimum Gasteiger partial charge on any atom is -0.272 e. The zero-order valence-corrected chi connectivity index (χ0v) is 23.6. The zero-order valence-electron chi connectivity index (χ0n) is 22.7. The quantitative estimate of drug-likeness (QED) is 0.111. The van der Waals surface area contributed by atoms with Crippen LogP contribution in [0.1, 0.15) is 37.5 Å². The lowest BCUT2D eigenvalue weighted by molar-refractivity contribution is -0.385. The number of nitro groups is 1. The van der Waals surface area contributed by atoms with Crippen LogP contribution in [-0.4, -0.2) is 37.6 Å². The fourth-order valence-electron chi connectivity index (χ4n) is 3.85. The molecule has 0 aliphatic carbocycles. The highest BCUT2D eigenvalue weighted by Crippen LogP contribution is 2.30. The van der Waals surface area contributed by atoms with Crippen molar-refractivity contribution in [3.05, 3.63) is 106 Å². The van der Waals surface area contributed by atoms with Gasteiger partial charge in [-0.1, -0.05) is 86.6 Å². The van der Waals surface area contributed by atoms with Crippen LogP contribution in [0.3, 0.4) is 0 Å². The number of hydrazone groups is 1. The minimum absolute atomic E-state index is 0.00483.